The number of Topliss-reactive ketones (excluding diaryl/α,β-unsaturated/α-hetero) is 1. The minimum Gasteiger partial charge on any atom is -0.471 e. The van der Waals surface area contributed by atoms with E-state index in [-0.39, 0.29) is 36.5 Å². The van der Waals surface area contributed by atoms with Crippen LogP contribution in [0.1, 0.15) is 28.8 Å². The Hall–Kier alpha value is -2.90. The van der Waals surface area contributed by atoms with Crippen LogP contribution in [-0.2, 0) is 11.0 Å². The van der Waals surface area contributed by atoms with Crippen molar-refractivity contribution in [3.8, 4) is 5.88 Å². The van der Waals surface area contributed by atoms with Crippen molar-refractivity contribution in [2.75, 3.05) is 13.1 Å². The predicted octanol–water partition coefficient (Wildman–Crippen LogP) is 3.35. The number of hydrogen-bond acceptors (Lipinski definition) is 4. The van der Waals surface area contributed by atoms with Gasteiger partial charge in [-0.2, -0.15) is 13.2 Å². The molecule has 0 spiro atoms. The Labute approximate surface area is 153 Å². The van der Waals surface area contributed by atoms with Crippen molar-refractivity contribution in [1.82, 2.24) is 9.88 Å². The van der Waals surface area contributed by atoms with Crippen molar-refractivity contribution in [3.63, 3.8) is 0 Å². The number of ketones is 1. The molecule has 0 radical (unpaired) electrons. The average Bonchev–Trinajstić information content (AvgIpc) is 2.62. The fraction of sp³-hybridized carbons (Fsp3) is 0.316. The van der Waals surface area contributed by atoms with Gasteiger partial charge in [-0.15, -0.1) is 0 Å². The fourth-order valence-corrected chi connectivity index (χ4v) is 2.65. The Kier molecular flexibility index (Phi) is 5.43. The molecule has 142 valence electrons. The van der Waals surface area contributed by atoms with Gasteiger partial charge in [0.05, 0.1) is 18.7 Å². The minimum atomic E-state index is -4.44. The van der Waals surface area contributed by atoms with Crippen LogP contribution in [0.3, 0.4) is 0 Å². The van der Waals surface area contributed by atoms with E-state index in [0.29, 0.717) is 24.8 Å². The molecule has 1 saturated heterocycles. The Bertz CT molecular complexity index is 801. The fourth-order valence-electron chi connectivity index (χ4n) is 2.65. The van der Waals surface area contributed by atoms with Gasteiger partial charge in [-0.1, -0.05) is 30.3 Å². The van der Waals surface area contributed by atoms with Crippen LogP contribution in [-0.4, -0.2) is 40.8 Å². The summed E-state index contributed by atoms with van der Waals surface area (Å²) in [7, 11) is 0. The second-order valence-corrected chi connectivity index (χ2v) is 6.21. The van der Waals surface area contributed by atoms with E-state index < -0.39 is 11.7 Å². The molecule has 0 saturated carbocycles. The highest BCUT2D eigenvalue weighted by atomic mass is 19.4. The number of likely N-dealkylation sites (tertiary alicyclic amines) is 1. The normalized spacial score (nSPS) is 14.6. The van der Waals surface area contributed by atoms with Crippen LogP contribution in [0.25, 0.3) is 0 Å². The van der Waals surface area contributed by atoms with E-state index in [1.165, 1.54) is 0 Å². The van der Waals surface area contributed by atoms with Gasteiger partial charge >= 0.3 is 6.18 Å². The van der Waals surface area contributed by atoms with E-state index in [0.717, 1.165) is 12.1 Å². The minimum absolute atomic E-state index is 0.0827. The number of rotatable bonds is 6. The highest BCUT2D eigenvalue weighted by Crippen LogP contribution is 2.29. The molecule has 1 amide bonds. The lowest BCUT2D eigenvalue weighted by Crippen LogP contribution is -2.56. The molecular weight excluding hydrogens is 361 g/mol. The van der Waals surface area contributed by atoms with Crippen LogP contribution >= 0.6 is 0 Å². The van der Waals surface area contributed by atoms with Crippen molar-refractivity contribution < 1.29 is 27.5 Å². The third-order valence-electron chi connectivity index (χ3n) is 4.21. The van der Waals surface area contributed by atoms with Crippen molar-refractivity contribution in [2.24, 2.45) is 0 Å². The highest BCUT2D eigenvalue weighted by Gasteiger charge is 2.33. The molecule has 1 aromatic heterocycles. The van der Waals surface area contributed by atoms with Gasteiger partial charge in [-0.25, -0.2) is 4.98 Å². The molecule has 2 heterocycles. The van der Waals surface area contributed by atoms with Gasteiger partial charge < -0.3 is 9.64 Å². The SMILES string of the molecule is O=C(CCC(=O)N1CC(Oc2ccc(C(F)(F)F)cn2)C1)c1ccccc1. The van der Waals surface area contributed by atoms with Crippen molar-refractivity contribution in [1.29, 1.82) is 0 Å². The zero-order valence-corrected chi connectivity index (χ0v) is 14.3. The summed E-state index contributed by atoms with van der Waals surface area (Å²) >= 11 is 0. The molecular formula is C19H17F3N2O3. The predicted molar refractivity (Wildman–Crippen MR) is 90.2 cm³/mol. The van der Waals surface area contributed by atoms with E-state index in [1.807, 2.05) is 6.07 Å². The lowest BCUT2D eigenvalue weighted by Gasteiger charge is -2.38. The smallest absolute Gasteiger partial charge is 0.417 e. The topological polar surface area (TPSA) is 59.5 Å². The Balaban J connectivity index is 1.41. The first kappa shape index (κ1) is 18.9. The number of ether oxygens (including phenoxy) is 1. The number of carbonyl (C=O) groups excluding carboxylic acids is 2. The monoisotopic (exact) mass is 378 g/mol. The molecule has 0 bridgehead atoms. The number of aromatic nitrogens is 1. The number of hydrogen-bond donors (Lipinski definition) is 0. The maximum atomic E-state index is 12.5. The standard InChI is InChI=1S/C19H17F3N2O3/c20-19(21,22)14-6-8-17(23-10-14)27-15-11-24(12-15)18(26)9-7-16(25)13-4-2-1-3-5-13/h1-6,8,10,15H,7,9,11-12H2. The number of halogens is 3. The van der Waals surface area contributed by atoms with Crippen LogP contribution in [0, 0.1) is 0 Å². The maximum absolute atomic E-state index is 12.5. The number of carbonyl (C=O) groups is 2. The second-order valence-electron chi connectivity index (χ2n) is 6.21. The van der Waals surface area contributed by atoms with Crippen LogP contribution in [0.5, 0.6) is 5.88 Å². The number of alkyl halides is 3. The summed E-state index contributed by atoms with van der Waals surface area (Å²) in [6.45, 7) is 0.641. The van der Waals surface area contributed by atoms with Crippen LogP contribution in [0.4, 0.5) is 13.2 Å². The zero-order valence-electron chi connectivity index (χ0n) is 14.3. The first-order chi connectivity index (χ1) is 12.8. The summed E-state index contributed by atoms with van der Waals surface area (Å²) in [5, 5.41) is 0. The quantitative estimate of drug-likeness (QED) is 0.724. The van der Waals surface area contributed by atoms with Crippen molar-refractivity contribution in [3.05, 3.63) is 59.8 Å². The number of pyridine rings is 1. The van der Waals surface area contributed by atoms with Gasteiger partial charge in [0.25, 0.3) is 0 Å². The third kappa shape index (κ3) is 4.84. The number of benzene rings is 1. The highest BCUT2D eigenvalue weighted by molar-refractivity contribution is 5.97. The Morgan fingerprint density at radius 3 is 2.37 bits per heavy atom. The maximum Gasteiger partial charge on any atom is 0.417 e. The molecule has 0 atom stereocenters. The molecule has 3 rings (SSSR count). The van der Waals surface area contributed by atoms with Gasteiger partial charge in [-0.3, -0.25) is 9.59 Å². The lowest BCUT2D eigenvalue weighted by atomic mass is 10.1. The summed E-state index contributed by atoms with van der Waals surface area (Å²) in [5.41, 5.74) is -0.271. The van der Waals surface area contributed by atoms with Crippen LogP contribution in [0.15, 0.2) is 48.7 Å². The summed E-state index contributed by atoms with van der Waals surface area (Å²) in [6, 6.07) is 10.8. The first-order valence-electron chi connectivity index (χ1n) is 8.39. The Morgan fingerprint density at radius 2 is 1.78 bits per heavy atom. The van der Waals surface area contributed by atoms with Gasteiger partial charge in [0, 0.05) is 30.7 Å². The number of nitrogens with zero attached hydrogens (tertiary/aromatic N) is 2. The van der Waals surface area contributed by atoms with E-state index in [9.17, 15) is 22.8 Å². The second kappa shape index (κ2) is 7.77. The zero-order chi connectivity index (χ0) is 19.4. The van der Waals surface area contributed by atoms with Gasteiger partial charge in [0.2, 0.25) is 11.8 Å². The third-order valence-corrected chi connectivity index (χ3v) is 4.21. The molecule has 1 aliphatic heterocycles. The molecule has 27 heavy (non-hydrogen) atoms. The van der Waals surface area contributed by atoms with E-state index in [4.69, 9.17) is 4.74 Å². The summed E-state index contributed by atoms with van der Waals surface area (Å²) in [6.07, 6.45) is -3.80. The molecule has 1 fully saturated rings. The van der Waals surface area contributed by atoms with Crippen LogP contribution < -0.4 is 4.74 Å². The van der Waals surface area contributed by atoms with E-state index in [2.05, 4.69) is 4.98 Å². The van der Waals surface area contributed by atoms with Crippen LogP contribution in [0.2, 0.25) is 0 Å². The molecule has 8 heteroatoms. The molecule has 5 nitrogen and oxygen atoms in total. The molecule has 0 N–H and O–H groups in total. The molecule has 0 aliphatic carbocycles. The molecule has 1 aliphatic rings. The average molecular weight is 378 g/mol. The number of amides is 1. The van der Waals surface area contributed by atoms with E-state index >= 15 is 0 Å². The Morgan fingerprint density at radius 1 is 1.07 bits per heavy atom. The first-order valence-corrected chi connectivity index (χ1v) is 8.39. The van der Waals surface area contributed by atoms with Gasteiger partial charge in [0.15, 0.2) is 5.78 Å². The van der Waals surface area contributed by atoms with Crippen molar-refractivity contribution in [2.45, 2.75) is 25.1 Å². The molecule has 2 aromatic rings. The molecule has 0 unspecified atom stereocenters. The van der Waals surface area contributed by atoms with Gasteiger partial charge in [0.1, 0.15) is 6.10 Å². The summed E-state index contributed by atoms with van der Waals surface area (Å²) in [4.78, 5) is 29.3. The summed E-state index contributed by atoms with van der Waals surface area (Å²) < 4.78 is 42.9. The summed E-state index contributed by atoms with van der Waals surface area (Å²) in [5.74, 6) is -0.162. The van der Waals surface area contributed by atoms with E-state index in [1.54, 1.807) is 29.2 Å². The van der Waals surface area contributed by atoms with Crippen molar-refractivity contribution >= 4 is 11.7 Å². The largest absolute Gasteiger partial charge is 0.471 e. The molecule has 1 aromatic carbocycles. The van der Waals surface area contributed by atoms with Gasteiger partial charge in [-0.05, 0) is 6.07 Å². The lowest BCUT2D eigenvalue weighted by molar-refractivity contribution is -0.140.